The summed E-state index contributed by atoms with van der Waals surface area (Å²) in [7, 11) is 0. The van der Waals surface area contributed by atoms with Gasteiger partial charge in [-0.2, -0.15) is 0 Å². The highest BCUT2D eigenvalue weighted by Gasteiger charge is 2.22. The Balaban J connectivity index is 1.75. The van der Waals surface area contributed by atoms with Crippen LogP contribution in [0.25, 0.3) is 11.0 Å². The SMILES string of the molecule is CCCc1nc2cc(N(Cc3ccccc3)C(=O)c3cccc(Cl)c3)ccc2n1CC(=O)OC(C)(C)C. The van der Waals surface area contributed by atoms with Crippen molar-refractivity contribution in [3.8, 4) is 0 Å². The predicted molar refractivity (Wildman–Crippen MR) is 148 cm³/mol. The van der Waals surface area contributed by atoms with E-state index in [0.717, 1.165) is 35.3 Å². The molecule has 6 nitrogen and oxygen atoms in total. The third-order valence-electron chi connectivity index (χ3n) is 5.80. The topological polar surface area (TPSA) is 64.4 Å². The minimum Gasteiger partial charge on any atom is -0.459 e. The summed E-state index contributed by atoms with van der Waals surface area (Å²) in [4.78, 5) is 32.9. The average Bonchev–Trinajstić information content (AvgIpc) is 3.17. The van der Waals surface area contributed by atoms with E-state index in [1.807, 2.05) is 73.9 Å². The van der Waals surface area contributed by atoms with Crippen molar-refractivity contribution >= 4 is 40.2 Å². The Hall–Kier alpha value is -3.64. The molecule has 1 heterocycles. The van der Waals surface area contributed by atoms with Crippen molar-refractivity contribution in [2.75, 3.05) is 4.90 Å². The summed E-state index contributed by atoms with van der Waals surface area (Å²) >= 11 is 6.19. The van der Waals surface area contributed by atoms with Gasteiger partial charge in [-0.05, 0) is 69.2 Å². The zero-order valence-corrected chi connectivity index (χ0v) is 22.5. The number of anilines is 1. The van der Waals surface area contributed by atoms with Gasteiger partial charge in [0.15, 0.2) is 0 Å². The molecule has 3 aromatic carbocycles. The number of hydrogen-bond donors (Lipinski definition) is 0. The van der Waals surface area contributed by atoms with Gasteiger partial charge in [0.1, 0.15) is 18.0 Å². The van der Waals surface area contributed by atoms with Crippen LogP contribution in [-0.4, -0.2) is 27.0 Å². The Labute approximate surface area is 222 Å². The number of aromatic nitrogens is 2. The molecular formula is C30H32ClN3O3. The van der Waals surface area contributed by atoms with E-state index in [1.165, 1.54) is 0 Å². The Kier molecular flexibility index (Phi) is 7.98. The van der Waals surface area contributed by atoms with Crippen molar-refractivity contribution in [2.24, 2.45) is 0 Å². The molecule has 0 aliphatic carbocycles. The molecular weight excluding hydrogens is 486 g/mol. The largest absolute Gasteiger partial charge is 0.459 e. The highest BCUT2D eigenvalue weighted by molar-refractivity contribution is 6.31. The number of ether oxygens (including phenoxy) is 1. The first-order valence-electron chi connectivity index (χ1n) is 12.5. The molecule has 4 aromatic rings. The molecule has 4 rings (SSSR count). The summed E-state index contributed by atoms with van der Waals surface area (Å²) < 4.78 is 7.47. The summed E-state index contributed by atoms with van der Waals surface area (Å²) in [6.45, 7) is 8.11. The van der Waals surface area contributed by atoms with Crippen LogP contribution in [0.4, 0.5) is 5.69 Å². The number of nitrogens with zero attached hydrogens (tertiary/aromatic N) is 3. The second-order valence-electron chi connectivity index (χ2n) is 10.0. The first-order chi connectivity index (χ1) is 17.6. The molecule has 0 saturated carbocycles. The number of esters is 1. The molecule has 0 aliphatic heterocycles. The van der Waals surface area contributed by atoms with Crippen molar-refractivity contribution in [2.45, 2.75) is 59.2 Å². The number of carbonyl (C=O) groups excluding carboxylic acids is 2. The van der Waals surface area contributed by atoms with Crippen LogP contribution in [0.1, 0.15) is 55.9 Å². The van der Waals surface area contributed by atoms with E-state index in [0.29, 0.717) is 22.8 Å². The van der Waals surface area contributed by atoms with Crippen molar-refractivity contribution in [1.29, 1.82) is 0 Å². The van der Waals surface area contributed by atoms with E-state index in [9.17, 15) is 9.59 Å². The average molecular weight is 518 g/mol. The van der Waals surface area contributed by atoms with Crippen molar-refractivity contribution in [3.63, 3.8) is 0 Å². The molecule has 0 bridgehead atoms. The summed E-state index contributed by atoms with van der Waals surface area (Å²) in [6.07, 6.45) is 1.61. The molecule has 0 fully saturated rings. The van der Waals surface area contributed by atoms with Gasteiger partial charge in [0, 0.05) is 22.7 Å². The van der Waals surface area contributed by atoms with Gasteiger partial charge in [-0.15, -0.1) is 0 Å². The molecule has 0 N–H and O–H groups in total. The van der Waals surface area contributed by atoms with Gasteiger partial charge in [-0.25, -0.2) is 4.98 Å². The smallest absolute Gasteiger partial charge is 0.326 e. The second-order valence-corrected chi connectivity index (χ2v) is 10.4. The molecule has 0 radical (unpaired) electrons. The number of rotatable bonds is 8. The first kappa shape index (κ1) is 26.4. The fraction of sp³-hybridized carbons (Fsp3) is 0.300. The van der Waals surface area contributed by atoms with E-state index < -0.39 is 5.60 Å². The molecule has 7 heteroatoms. The molecule has 0 unspecified atom stereocenters. The number of amides is 1. The van der Waals surface area contributed by atoms with Crippen molar-refractivity contribution in [3.05, 3.63) is 94.8 Å². The number of halogens is 1. The first-order valence-corrected chi connectivity index (χ1v) is 12.8. The van der Waals surface area contributed by atoms with E-state index in [1.54, 1.807) is 29.2 Å². The predicted octanol–water partition coefficient (Wildman–Crippen LogP) is 6.83. The highest BCUT2D eigenvalue weighted by Crippen LogP contribution is 2.27. The van der Waals surface area contributed by atoms with Crippen LogP contribution in [-0.2, 0) is 29.0 Å². The third-order valence-corrected chi connectivity index (χ3v) is 6.04. The summed E-state index contributed by atoms with van der Waals surface area (Å²) in [5, 5.41) is 0.506. The van der Waals surface area contributed by atoms with E-state index in [-0.39, 0.29) is 18.4 Å². The lowest BCUT2D eigenvalue weighted by Gasteiger charge is -2.23. The van der Waals surface area contributed by atoms with Crippen molar-refractivity contribution < 1.29 is 14.3 Å². The maximum atomic E-state index is 13.7. The molecule has 192 valence electrons. The molecule has 0 saturated heterocycles. The number of hydrogen-bond acceptors (Lipinski definition) is 4. The van der Waals surface area contributed by atoms with Crippen molar-refractivity contribution in [1.82, 2.24) is 9.55 Å². The van der Waals surface area contributed by atoms with E-state index in [2.05, 4.69) is 6.92 Å². The van der Waals surface area contributed by atoms with Crippen LogP contribution in [0.2, 0.25) is 5.02 Å². The van der Waals surface area contributed by atoms with Gasteiger partial charge in [-0.3, -0.25) is 9.59 Å². The Morgan fingerprint density at radius 3 is 2.43 bits per heavy atom. The lowest BCUT2D eigenvalue weighted by Crippen LogP contribution is -2.30. The van der Waals surface area contributed by atoms with E-state index >= 15 is 0 Å². The number of imidazole rings is 1. The summed E-state index contributed by atoms with van der Waals surface area (Å²) in [6, 6.07) is 22.5. The van der Waals surface area contributed by atoms with Crippen LogP contribution in [0.15, 0.2) is 72.8 Å². The Morgan fingerprint density at radius 2 is 1.76 bits per heavy atom. The van der Waals surface area contributed by atoms with Gasteiger partial charge in [-0.1, -0.05) is 54.9 Å². The molecule has 37 heavy (non-hydrogen) atoms. The second kappa shape index (κ2) is 11.2. The fourth-order valence-electron chi connectivity index (χ4n) is 4.25. The number of carbonyl (C=O) groups is 2. The van der Waals surface area contributed by atoms with E-state index in [4.69, 9.17) is 21.3 Å². The van der Waals surface area contributed by atoms with Gasteiger partial charge in [0.25, 0.3) is 5.91 Å². The number of aryl methyl sites for hydroxylation is 1. The Morgan fingerprint density at radius 1 is 1.00 bits per heavy atom. The molecule has 0 atom stereocenters. The summed E-state index contributed by atoms with van der Waals surface area (Å²) in [5.41, 5.74) is 3.20. The maximum absolute atomic E-state index is 13.7. The van der Waals surface area contributed by atoms with Crippen LogP contribution < -0.4 is 4.90 Å². The van der Waals surface area contributed by atoms with Crippen LogP contribution in [0.3, 0.4) is 0 Å². The quantitative estimate of drug-likeness (QED) is 0.240. The van der Waals surface area contributed by atoms with Gasteiger partial charge < -0.3 is 14.2 Å². The van der Waals surface area contributed by atoms with Gasteiger partial charge >= 0.3 is 5.97 Å². The molecule has 1 amide bonds. The van der Waals surface area contributed by atoms with Crippen LogP contribution in [0.5, 0.6) is 0 Å². The number of fused-ring (bicyclic) bond motifs is 1. The minimum atomic E-state index is -0.565. The van der Waals surface area contributed by atoms with Crippen LogP contribution >= 0.6 is 11.6 Å². The van der Waals surface area contributed by atoms with Gasteiger partial charge in [0.2, 0.25) is 0 Å². The zero-order chi connectivity index (χ0) is 26.6. The third kappa shape index (κ3) is 6.57. The highest BCUT2D eigenvalue weighted by atomic mass is 35.5. The van der Waals surface area contributed by atoms with Gasteiger partial charge in [0.05, 0.1) is 17.6 Å². The lowest BCUT2D eigenvalue weighted by atomic mass is 10.1. The standard InChI is InChI=1S/C30H32ClN3O3/c1-5-10-27-32-25-18-24(15-16-26(25)34(27)20-28(35)37-30(2,3)4)33(19-21-11-7-6-8-12-21)29(36)22-13-9-14-23(31)17-22/h6-9,11-18H,5,10,19-20H2,1-4H3. The monoisotopic (exact) mass is 517 g/mol. The van der Waals surface area contributed by atoms with Crippen LogP contribution in [0, 0.1) is 0 Å². The number of benzene rings is 3. The zero-order valence-electron chi connectivity index (χ0n) is 21.7. The Bertz CT molecular complexity index is 1410. The fourth-order valence-corrected chi connectivity index (χ4v) is 4.44. The maximum Gasteiger partial charge on any atom is 0.326 e. The molecule has 0 spiro atoms. The lowest BCUT2D eigenvalue weighted by molar-refractivity contribution is -0.155. The molecule has 1 aromatic heterocycles. The summed E-state index contributed by atoms with van der Waals surface area (Å²) in [5.74, 6) is 0.346. The molecule has 0 aliphatic rings. The minimum absolute atomic E-state index is 0.0810. The normalized spacial score (nSPS) is 11.5.